The van der Waals surface area contributed by atoms with Gasteiger partial charge in [0, 0.05) is 12.6 Å². The van der Waals surface area contributed by atoms with Crippen LogP contribution in [0.4, 0.5) is 6.01 Å². The first kappa shape index (κ1) is 12.2. The average molecular weight is 272 g/mol. The van der Waals surface area contributed by atoms with E-state index >= 15 is 0 Å². The summed E-state index contributed by atoms with van der Waals surface area (Å²) in [4.78, 5) is 4.50. The maximum Gasteiger partial charge on any atom is 0.295 e. The zero-order valence-electron chi connectivity index (χ0n) is 11.6. The molecule has 1 unspecified atom stereocenters. The second kappa shape index (κ2) is 4.77. The van der Waals surface area contributed by atoms with Crippen LogP contribution in [0.15, 0.2) is 28.7 Å². The maximum absolute atomic E-state index is 6.06. The second-order valence-corrected chi connectivity index (χ2v) is 6.06. The van der Waals surface area contributed by atoms with E-state index in [0.29, 0.717) is 12.1 Å². The first-order chi connectivity index (χ1) is 9.83. The molecule has 0 radical (unpaired) electrons. The molecule has 106 valence electrons. The molecule has 4 heteroatoms. The summed E-state index contributed by atoms with van der Waals surface area (Å²) in [5.41, 5.74) is 1.89. The molecule has 1 atom stereocenters. The van der Waals surface area contributed by atoms with Crippen LogP contribution >= 0.6 is 0 Å². The van der Waals surface area contributed by atoms with E-state index in [4.69, 9.17) is 9.15 Å². The molecule has 1 aromatic heterocycles. The molecular formula is C16H20N2O2. The first-order valence-corrected chi connectivity index (χ1v) is 7.59. The van der Waals surface area contributed by atoms with Crippen molar-refractivity contribution in [2.45, 2.75) is 50.2 Å². The summed E-state index contributed by atoms with van der Waals surface area (Å²) in [5.74, 6) is 0. The van der Waals surface area contributed by atoms with E-state index in [1.807, 2.05) is 24.3 Å². The van der Waals surface area contributed by atoms with Gasteiger partial charge >= 0.3 is 0 Å². The molecule has 1 aliphatic heterocycles. The Kier molecular flexibility index (Phi) is 2.91. The van der Waals surface area contributed by atoms with Crippen molar-refractivity contribution in [3.05, 3.63) is 24.3 Å². The summed E-state index contributed by atoms with van der Waals surface area (Å²) in [6.07, 6.45) is 7.12. The van der Waals surface area contributed by atoms with Gasteiger partial charge in [0.05, 0.1) is 5.60 Å². The summed E-state index contributed by atoms with van der Waals surface area (Å²) < 4.78 is 11.8. The summed E-state index contributed by atoms with van der Waals surface area (Å²) in [7, 11) is 0. The maximum atomic E-state index is 6.06. The van der Waals surface area contributed by atoms with E-state index in [0.717, 1.165) is 30.5 Å². The smallest absolute Gasteiger partial charge is 0.295 e. The van der Waals surface area contributed by atoms with Gasteiger partial charge in [-0.05, 0) is 37.8 Å². The van der Waals surface area contributed by atoms with Crippen LogP contribution in [0.5, 0.6) is 0 Å². The fourth-order valence-electron chi connectivity index (χ4n) is 3.63. The van der Waals surface area contributed by atoms with Crippen molar-refractivity contribution >= 4 is 17.1 Å². The van der Waals surface area contributed by atoms with Gasteiger partial charge in [-0.1, -0.05) is 25.0 Å². The fourth-order valence-corrected chi connectivity index (χ4v) is 3.63. The molecule has 4 rings (SSSR count). The Labute approximate surface area is 118 Å². The van der Waals surface area contributed by atoms with Crippen LogP contribution < -0.4 is 5.32 Å². The predicted octanol–water partition coefficient (Wildman–Crippen LogP) is 3.73. The van der Waals surface area contributed by atoms with Crippen LogP contribution in [0.2, 0.25) is 0 Å². The number of anilines is 1. The number of nitrogens with one attached hydrogen (secondary N) is 1. The summed E-state index contributed by atoms with van der Waals surface area (Å²) in [6, 6.07) is 8.94. The number of fused-ring (bicyclic) bond motifs is 1. The van der Waals surface area contributed by atoms with Crippen molar-refractivity contribution in [2.75, 3.05) is 11.9 Å². The molecule has 20 heavy (non-hydrogen) atoms. The van der Waals surface area contributed by atoms with Crippen LogP contribution in [0.3, 0.4) is 0 Å². The zero-order valence-corrected chi connectivity index (χ0v) is 11.6. The quantitative estimate of drug-likeness (QED) is 0.905. The standard InChI is InChI=1S/C16H20N2O2/c1-2-6-14-13(5-1)18-15(20-14)17-12-7-10-19-16(11-12)8-3-4-9-16/h1-2,5-6,12H,3-4,7-11H2,(H,17,18). The van der Waals surface area contributed by atoms with Gasteiger partial charge in [0.25, 0.3) is 6.01 Å². The monoisotopic (exact) mass is 272 g/mol. The largest absolute Gasteiger partial charge is 0.424 e. The van der Waals surface area contributed by atoms with E-state index in [2.05, 4.69) is 10.3 Å². The molecule has 2 aromatic rings. The van der Waals surface area contributed by atoms with Gasteiger partial charge < -0.3 is 14.5 Å². The Hall–Kier alpha value is -1.55. The summed E-state index contributed by atoms with van der Waals surface area (Å²) >= 11 is 0. The Bertz CT molecular complexity index is 568. The minimum atomic E-state index is 0.127. The van der Waals surface area contributed by atoms with Crippen molar-refractivity contribution in [1.82, 2.24) is 4.98 Å². The number of aromatic nitrogens is 1. The number of oxazole rings is 1. The predicted molar refractivity (Wildman–Crippen MR) is 77.8 cm³/mol. The van der Waals surface area contributed by atoms with Crippen LogP contribution in [0.1, 0.15) is 38.5 Å². The van der Waals surface area contributed by atoms with E-state index in [1.54, 1.807) is 0 Å². The zero-order chi connectivity index (χ0) is 13.4. The van der Waals surface area contributed by atoms with Crippen LogP contribution in [-0.2, 0) is 4.74 Å². The Morgan fingerprint density at radius 3 is 2.90 bits per heavy atom. The third-order valence-electron chi connectivity index (χ3n) is 4.63. The van der Waals surface area contributed by atoms with Crippen molar-refractivity contribution in [2.24, 2.45) is 0 Å². The molecule has 2 heterocycles. The van der Waals surface area contributed by atoms with E-state index in [9.17, 15) is 0 Å². The molecule has 2 fully saturated rings. The minimum absolute atomic E-state index is 0.127. The molecule has 0 amide bonds. The summed E-state index contributed by atoms with van der Waals surface area (Å²) in [5, 5.41) is 3.46. The molecule has 1 saturated carbocycles. The third kappa shape index (κ3) is 2.18. The highest BCUT2D eigenvalue weighted by molar-refractivity contribution is 5.74. The Balaban J connectivity index is 1.50. The lowest BCUT2D eigenvalue weighted by atomic mass is 9.89. The number of rotatable bonds is 2. The first-order valence-electron chi connectivity index (χ1n) is 7.59. The van der Waals surface area contributed by atoms with Gasteiger partial charge in [0.15, 0.2) is 5.58 Å². The highest BCUT2D eigenvalue weighted by Crippen LogP contribution is 2.40. The van der Waals surface area contributed by atoms with Crippen LogP contribution in [0, 0.1) is 0 Å². The second-order valence-electron chi connectivity index (χ2n) is 6.06. The third-order valence-corrected chi connectivity index (χ3v) is 4.63. The number of ether oxygens (including phenoxy) is 1. The highest BCUT2D eigenvalue weighted by Gasteiger charge is 2.40. The van der Waals surface area contributed by atoms with E-state index in [1.165, 1.54) is 25.7 Å². The van der Waals surface area contributed by atoms with Gasteiger partial charge in [-0.3, -0.25) is 0 Å². The molecule has 1 aromatic carbocycles. The number of benzene rings is 1. The van der Waals surface area contributed by atoms with Crippen molar-refractivity contribution < 1.29 is 9.15 Å². The number of nitrogens with zero attached hydrogens (tertiary/aromatic N) is 1. The number of hydrogen-bond acceptors (Lipinski definition) is 4. The topological polar surface area (TPSA) is 47.3 Å². The van der Waals surface area contributed by atoms with E-state index < -0.39 is 0 Å². The average Bonchev–Trinajstić information content (AvgIpc) is 3.05. The fraction of sp³-hybridized carbons (Fsp3) is 0.562. The van der Waals surface area contributed by atoms with Gasteiger partial charge in [0.1, 0.15) is 5.52 Å². The molecule has 1 aliphatic carbocycles. The lowest BCUT2D eigenvalue weighted by molar-refractivity contribution is -0.0768. The normalized spacial score (nSPS) is 25.3. The van der Waals surface area contributed by atoms with Crippen molar-refractivity contribution in [1.29, 1.82) is 0 Å². The van der Waals surface area contributed by atoms with Crippen LogP contribution in [0.25, 0.3) is 11.1 Å². The van der Waals surface area contributed by atoms with Crippen molar-refractivity contribution in [3.8, 4) is 0 Å². The molecule has 0 bridgehead atoms. The number of hydrogen-bond donors (Lipinski definition) is 1. The van der Waals surface area contributed by atoms with Crippen LogP contribution in [-0.4, -0.2) is 23.2 Å². The molecular weight excluding hydrogens is 252 g/mol. The molecule has 1 N–H and O–H groups in total. The molecule has 1 spiro atoms. The molecule has 2 aliphatic rings. The number of para-hydroxylation sites is 2. The highest BCUT2D eigenvalue weighted by atomic mass is 16.5. The lowest BCUT2D eigenvalue weighted by Gasteiger charge is -2.38. The van der Waals surface area contributed by atoms with E-state index in [-0.39, 0.29) is 5.60 Å². The van der Waals surface area contributed by atoms with Crippen molar-refractivity contribution in [3.63, 3.8) is 0 Å². The molecule has 4 nitrogen and oxygen atoms in total. The van der Waals surface area contributed by atoms with Gasteiger partial charge in [-0.2, -0.15) is 4.98 Å². The van der Waals surface area contributed by atoms with Gasteiger partial charge in [0.2, 0.25) is 0 Å². The SMILES string of the molecule is c1ccc2oc(NC3CCOC4(CCCC4)C3)nc2c1. The Morgan fingerprint density at radius 1 is 1.20 bits per heavy atom. The summed E-state index contributed by atoms with van der Waals surface area (Å²) in [6.45, 7) is 0.845. The lowest BCUT2D eigenvalue weighted by Crippen LogP contribution is -2.42. The minimum Gasteiger partial charge on any atom is -0.424 e. The van der Waals surface area contributed by atoms with Gasteiger partial charge in [-0.15, -0.1) is 0 Å². The van der Waals surface area contributed by atoms with Gasteiger partial charge in [-0.25, -0.2) is 0 Å². The molecule has 1 saturated heterocycles. The Morgan fingerprint density at radius 2 is 2.05 bits per heavy atom.